The summed E-state index contributed by atoms with van der Waals surface area (Å²) in [6, 6.07) is 3.42. The summed E-state index contributed by atoms with van der Waals surface area (Å²) in [6.45, 7) is 4.24. The Morgan fingerprint density at radius 2 is 2.12 bits per heavy atom. The Labute approximate surface area is 100 Å². The number of anilines is 1. The third kappa shape index (κ3) is 3.55. The minimum absolute atomic E-state index is 0.0763. The van der Waals surface area contributed by atoms with Gasteiger partial charge in [-0.2, -0.15) is 0 Å². The highest BCUT2D eigenvalue weighted by atomic mass is 16.5. The molecule has 92 valence electrons. The van der Waals surface area contributed by atoms with Crippen molar-refractivity contribution in [3.8, 4) is 0 Å². The molecular formula is C12H16N2O3. The standard InChI is InChI=1S/C12H16N2O3/c1-4-14(8-12(16)17-3)10-5-6-11(9(2)15)13-7-10/h5-7H,4,8H2,1-3H3. The predicted molar refractivity (Wildman–Crippen MR) is 64.1 cm³/mol. The summed E-state index contributed by atoms with van der Waals surface area (Å²) in [4.78, 5) is 28.1. The number of methoxy groups -OCH3 is 1. The van der Waals surface area contributed by atoms with Crippen LogP contribution in [0.5, 0.6) is 0 Å². The lowest BCUT2D eigenvalue weighted by molar-refractivity contribution is -0.138. The number of hydrogen-bond acceptors (Lipinski definition) is 5. The molecule has 5 heteroatoms. The Balaban J connectivity index is 2.82. The van der Waals surface area contributed by atoms with E-state index in [4.69, 9.17) is 0 Å². The Hall–Kier alpha value is -1.91. The number of Topliss-reactive ketones (excluding diaryl/α,β-unsaturated/α-hetero) is 1. The highest BCUT2D eigenvalue weighted by Gasteiger charge is 2.10. The number of nitrogens with zero attached hydrogens (tertiary/aromatic N) is 2. The molecule has 0 amide bonds. The van der Waals surface area contributed by atoms with Crippen molar-refractivity contribution in [2.75, 3.05) is 25.1 Å². The molecule has 0 aliphatic rings. The summed E-state index contributed by atoms with van der Waals surface area (Å²) in [5.74, 6) is -0.380. The van der Waals surface area contributed by atoms with Gasteiger partial charge in [0.1, 0.15) is 12.2 Å². The van der Waals surface area contributed by atoms with Crippen LogP contribution < -0.4 is 4.90 Å². The van der Waals surface area contributed by atoms with Crippen molar-refractivity contribution in [2.24, 2.45) is 0 Å². The van der Waals surface area contributed by atoms with E-state index in [1.54, 1.807) is 18.3 Å². The van der Waals surface area contributed by atoms with Crippen molar-refractivity contribution >= 4 is 17.4 Å². The van der Waals surface area contributed by atoms with E-state index in [1.165, 1.54) is 14.0 Å². The van der Waals surface area contributed by atoms with Crippen LogP contribution in [0, 0.1) is 0 Å². The second kappa shape index (κ2) is 5.98. The number of aromatic nitrogens is 1. The molecule has 0 saturated heterocycles. The molecule has 0 aliphatic heterocycles. The van der Waals surface area contributed by atoms with Crippen LogP contribution in [0.4, 0.5) is 5.69 Å². The molecule has 1 heterocycles. The smallest absolute Gasteiger partial charge is 0.325 e. The van der Waals surface area contributed by atoms with Gasteiger partial charge in [0.2, 0.25) is 0 Å². The fraction of sp³-hybridized carbons (Fsp3) is 0.417. The van der Waals surface area contributed by atoms with Crippen LogP contribution in [-0.4, -0.2) is 36.9 Å². The third-order valence-electron chi connectivity index (χ3n) is 2.40. The lowest BCUT2D eigenvalue weighted by atomic mass is 10.2. The molecule has 0 saturated carbocycles. The van der Waals surface area contributed by atoms with Crippen LogP contribution in [0.25, 0.3) is 0 Å². The molecule has 1 aromatic rings. The van der Waals surface area contributed by atoms with Crippen LogP contribution in [0.1, 0.15) is 24.3 Å². The zero-order valence-electron chi connectivity index (χ0n) is 10.3. The third-order valence-corrected chi connectivity index (χ3v) is 2.40. The van der Waals surface area contributed by atoms with Gasteiger partial charge in [0.05, 0.1) is 19.0 Å². The van der Waals surface area contributed by atoms with Gasteiger partial charge >= 0.3 is 5.97 Å². The monoisotopic (exact) mass is 236 g/mol. The summed E-state index contributed by atoms with van der Waals surface area (Å²) in [5, 5.41) is 0. The first-order chi connectivity index (χ1) is 8.08. The van der Waals surface area contributed by atoms with Crippen LogP contribution in [-0.2, 0) is 9.53 Å². The van der Waals surface area contributed by atoms with Gasteiger partial charge in [0.15, 0.2) is 5.78 Å². The SMILES string of the molecule is CCN(CC(=O)OC)c1ccc(C(C)=O)nc1. The quantitative estimate of drug-likeness (QED) is 0.569. The number of esters is 1. The summed E-state index contributed by atoms with van der Waals surface area (Å²) in [6.07, 6.45) is 1.59. The number of likely N-dealkylation sites (N-methyl/N-ethyl adjacent to an activating group) is 1. The van der Waals surface area contributed by atoms with Crippen LogP contribution in [0.2, 0.25) is 0 Å². The highest BCUT2D eigenvalue weighted by molar-refractivity contribution is 5.92. The normalized spacial score (nSPS) is 9.82. The van der Waals surface area contributed by atoms with Gasteiger partial charge in [-0.25, -0.2) is 0 Å². The van der Waals surface area contributed by atoms with Crippen molar-refractivity contribution in [3.63, 3.8) is 0 Å². The molecule has 17 heavy (non-hydrogen) atoms. The van der Waals surface area contributed by atoms with E-state index in [1.807, 2.05) is 11.8 Å². The minimum Gasteiger partial charge on any atom is -0.468 e. The van der Waals surface area contributed by atoms with Gasteiger partial charge in [0.25, 0.3) is 0 Å². The van der Waals surface area contributed by atoms with E-state index >= 15 is 0 Å². The van der Waals surface area contributed by atoms with Crippen molar-refractivity contribution < 1.29 is 14.3 Å². The van der Waals surface area contributed by atoms with Crippen molar-refractivity contribution in [3.05, 3.63) is 24.0 Å². The van der Waals surface area contributed by atoms with E-state index in [-0.39, 0.29) is 18.3 Å². The maximum atomic E-state index is 11.2. The Morgan fingerprint density at radius 3 is 2.53 bits per heavy atom. The van der Waals surface area contributed by atoms with Crippen LogP contribution >= 0.6 is 0 Å². The topological polar surface area (TPSA) is 59.5 Å². The Bertz CT molecular complexity index is 401. The van der Waals surface area contributed by atoms with Gasteiger partial charge in [-0.1, -0.05) is 0 Å². The summed E-state index contributed by atoms with van der Waals surface area (Å²) in [5.41, 5.74) is 1.21. The van der Waals surface area contributed by atoms with Crippen LogP contribution in [0.3, 0.4) is 0 Å². The molecule has 5 nitrogen and oxygen atoms in total. The molecule has 0 spiro atoms. The summed E-state index contributed by atoms with van der Waals surface area (Å²) < 4.78 is 4.61. The number of pyridine rings is 1. The van der Waals surface area contributed by atoms with Gasteiger partial charge < -0.3 is 9.64 Å². The molecule has 0 unspecified atom stereocenters. The zero-order chi connectivity index (χ0) is 12.8. The van der Waals surface area contributed by atoms with E-state index in [2.05, 4.69) is 9.72 Å². The number of ether oxygens (including phenoxy) is 1. The highest BCUT2D eigenvalue weighted by Crippen LogP contribution is 2.13. The molecule has 0 radical (unpaired) electrons. The molecule has 0 atom stereocenters. The number of carbonyl (C=O) groups is 2. The first-order valence-corrected chi connectivity index (χ1v) is 5.37. The maximum absolute atomic E-state index is 11.2. The van der Waals surface area contributed by atoms with E-state index in [0.717, 1.165) is 5.69 Å². The minimum atomic E-state index is -0.303. The second-order valence-corrected chi connectivity index (χ2v) is 3.55. The first-order valence-electron chi connectivity index (χ1n) is 5.37. The molecule has 0 aromatic carbocycles. The van der Waals surface area contributed by atoms with Gasteiger partial charge in [-0.15, -0.1) is 0 Å². The molecule has 0 fully saturated rings. The number of rotatable bonds is 5. The fourth-order valence-electron chi connectivity index (χ4n) is 1.39. The van der Waals surface area contributed by atoms with Crippen molar-refractivity contribution in [1.82, 2.24) is 4.98 Å². The number of hydrogen-bond donors (Lipinski definition) is 0. The molecule has 1 rings (SSSR count). The Kier molecular flexibility index (Phi) is 4.63. The number of carbonyl (C=O) groups excluding carboxylic acids is 2. The van der Waals surface area contributed by atoms with Crippen molar-refractivity contribution in [1.29, 1.82) is 0 Å². The molecule has 0 aliphatic carbocycles. The summed E-state index contributed by atoms with van der Waals surface area (Å²) in [7, 11) is 1.35. The molecule has 1 aromatic heterocycles. The second-order valence-electron chi connectivity index (χ2n) is 3.55. The predicted octanol–water partition coefficient (Wildman–Crippen LogP) is 1.28. The van der Waals surface area contributed by atoms with E-state index in [9.17, 15) is 9.59 Å². The fourth-order valence-corrected chi connectivity index (χ4v) is 1.39. The van der Waals surface area contributed by atoms with Gasteiger partial charge in [-0.3, -0.25) is 14.6 Å². The lowest BCUT2D eigenvalue weighted by Crippen LogP contribution is -2.30. The zero-order valence-corrected chi connectivity index (χ0v) is 10.3. The molecular weight excluding hydrogens is 220 g/mol. The van der Waals surface area contributed by atoms with Gasteiger partial charge in [0, 0.05) is 13.5 Å². The maximum Gasteiger partial charge on any atom is 0.325 e. The summed E-state index contributed by atoms with van der Waals surface area (Å²) >= 11 is 0. The van der Waals surface area contributed by atoms with Gasteiger partial charge in [-0.05, 0) is 19.1 Å². The van der Waals surface area contributed by atoms with E-state index in [0.29, 0.717) is 12.2 Å². The van der Waals surface area contributed by atoms with Crippen LogP contribution in [0.15, 0.2) is 18.3 Å². The average Bonchev–Trinajstić information content (AvgIpc) is 2.35. The number of ketones is 1. The molecule has 0 bridgehead atoms. The first kappa shape index (κ1) is 13.2. The molecule has 0 N–H and O–H groups in total. The van der Waals surface area contributed by atoms with Crippen molar-refractivity contribution in [2.45, 2.75) is 13.8 Å². The Morgan fingerprint density at radius 1 is 1.41 bits per heavy atom. The average molecular weight is 236 g/mol. The lowest BCUT2D eigenvalue weighted by Gasteiger charge is -2.21. The van der Waals surface area contributed by atoms with E-state index < -0.39 is 0 Å². The largest absolute Gasteiger partial charge is 0.468 e.